The van der Waals surface area contributed by atoms with E-state index in [1.54, 1.807) is 12.4 Å². The molecule has 21 heavy (non-hydrogen) atoms. The van der Waals surface area contributed by atoms with Crippen molar-refractivity contribution >= 4 is 17.3 Å². The summed E-state index contributed by atoms with van der Waals surface area (Å²) in [5.41, 5.74) is 8.27. The quantitative estimate of drug-likeness (QED) is 0.878. The van der Waals surface area contributed by atoms with Crippen molar-refractivity contribution < 1.29 is 4.79 Å². The van der Waals surface area contributed by atoms with Gasteiger partial charge in [-0.25, -0.2) is 0 Å². The van der Waals surface area contributed by atoms with Gasteiger partial charge in [0.2, 0.25) is 5.91 Å². The van der Waals surface area contributed by atoms with E-state index in [0.717, 1.165) is 11.3 Å². The Morgan fingerprint density at radius 3 is 2.62 bits per heavy atom. The summed E-state index contributed by atoms with van der Waals surface area (Å²) in [6, 6.07) is 11.4. The van der Waals surface area contributed by atoms with E-state index in [0.29, 0.717) is 5.69 Å². The Kier molecular flexibility index (Phi) is 4.90. The van der Waals surface area contributed by atoms with Gasteiger partial charge in [0.15, 0.2) is 0 Å². The van der Waals surface area contributed by atoms with Crippen LogP contribution in [0.5, 0.6) is 0 Å². The molecule has 1 aromatic heterocycles. The van der Waals surface area contributed by atoms with E-state index >= 15 is 0 Å². The molecule has 0 bridgehead atoms. The minimum absolute atomic E-state index is 0.125. The molecule has 2 rings (SSSR count). The molecule has 0 aliphatic carbocycles. The monoisotopic (exact) mass is 284 g/mol. The van der Waals surface area contributed by atoms with E-state index in [4.69, 9.17) is 5.73 Å². The molecule has 1 amide bonds. The molecule has 0 aliphatic rings. The number of nitrogens with two attached hydrogens (primary N) is 1. The van der Waals surface area contributed by atoms with Gasteiger partial charge < -0.3 is 16.0 Å². The lowest BCUT2D eigenvalue weighted by Gasteiger charge is -2.20. The highest BCUT2D eigenvalue weighted by atomic mass is 16.1. The number of anilines is 2. The van der Waals surface area contributed by atoms with Crippen LogP contribution < -0.4 is 16.0 Å². The summed E-state index contributed by atoms with van der Waals surface area (Å²) in [5.74, 6) is -0.499. The maximum Gasteiger partial charge on any atom is 0.233 e. The average Bonchev–Trinajstić information content (AvgIpc) is 2.49. The van der Waals surface area contributed by atoms with Crippen LogP contribution in [-0.4, -0.2) is 31.5 Å². The number of hydrogen-bond donors (Lipinski definition) is 2. The maximum atomic E-state index is 12.5. The Labute approximate surface area is 124 Å². The van der Waals surface area contributed by atoms with Crippen molar-refractivity contribution in [2.75, 3.05) is 30.9 Å². The number of carbonyl (C=O) groups is 1. The summed E-state index contributed by atoms with van der Waals surface area (Å²) in [7, 11) is 3.84. The number of hydrogen-bond acceptors (Lipinski definition) is 4. The lowest BCUT2D eigenvalue weighted by Crippen LogP contribution is -2.28. The first-order valence-electron chi connectivity index (χ1n) is 6.80. The lowest BCUT2D eigenvalue weighted by molar-refractivity contribution is -0.117. The van der Waals surface area contributed by atoms with Crippen LogP contribution in [0.2, 0.25) is 0 Å². The molecule has 0 fully saturated rings. The molecule has 1 atom stereocenters. The van der Waals surface area contributed by atoms with E-state index in [-0.39, 0.29) is 18.4 Å². The standard InChI is InChI=1S/C16H20N4O/c1-20(2)15-8-9-18-11-14(15)19-16(21)13(10-17)12-6-4-3-5-7-12/h3-9,11,13H,10,17H2,1-2H3,(H,19,21). The fourth-order valence-electron chi connectivity index (χ4n) is 2.17. The zero-order valence-corrected chi connectivity index (χ0v) is 12.3. The first-order valence-corrected chi connectivity index (χ1v) is 6.80. The molecule has 0 aliphatic heterocycles. The maximum absolute atomic E-state index is 12.5. The van der Waals surface area contributed by atoms with Crippen molar-refractivity contribution in [2.24, 2.45) is 5.73 Å². The topological polar surface area (TPSA) is 71.2 Å². The Bertz CT molecular complexity index is 598. The van der Waals surface area contributed by atoms with E-state index in [9.17, 15) is 4.79 Å². The minimum Gasteiger partial charge on any atom is -0.376 e. The van der Waals surface area contributed by atoms with Crippen LogP contribution in [0.3, 0.4) is 0 Å². The van der Waals surface area contributed by atoms with E-state index in [1.807, 2.05) is 55.4 Å². The van der Waals surface area contributed by atoms with Crippen molar-refractivity contribution in [1.82, 2.24) is 4.98 Å². The third-order valence-corrected chi connectivity index (χ3v) is 3.29. The van der Waals surface area contributed by atoms with Gasteiger partial charge in [0, 0.05) is 26.8 Å². The van der Waals surface area contributed by atoms with Gasteiger partial charge >= 0.3 is 0 Å². The van der Waals surface area contributed by atoms with Crippen LogP contribution >= 0.6 is 0 Å². The number of pyridine rings is 1. The second kappa shape index (κ2) is 6.85. The molecule has 110 valence electrons. The number of benzene rings is 1. The smallest absolute Gasteiger partial charge is 0.233 e. The van der Waals surface area contributed by atoms with Gasteiger partial charge in [0.05, 0.1) is 23.5 Å². The van der Waals surface area contributed by atoms with E-state index < -0.39 is 0 Å². The van der Waals surface area contributed by atoms with Crippen LogP contribution in [0, 0.1) is 0 Å². The number of aromatic nitrogens is 1. The van der Waals surface area contributed by atoms with Crippen LogP contribution in [0.4, 0.5) is 11.4 Å². The highest BCUT2D eigenvalue weighted by molar-refractivity contribution is 5.98. The summed E-state index contributed by atoms with van der Waals surface area (Å²) in [6.07, 6.45) is 3.34. The first-order chi connectivity index (χ1) is 10.1. The number of nitrogens with one attached hydrogen (secondary N) is 1. The molecule has 0 saturated carbocycles. The highest BCUT2D eigenvalue weighted by Crippen LogP contribution is 2.24. The van der Waals surface area contributed by atoms with Crippen molar-refractivity contribution in [3.05, 3.63) is 54.4 Å². The summed E-state index contributed by atoms with van der Waals surface area (Å²) in [4.78, 5) is 18.5. The zero-order chi connectivity index (χ0) is 15.2. The highest BCUT2D eigenvalue weighted by Gasteiger charge is 2.20. The number of carbonyl (C=O) groups excluding carboxylic acids is 1. The van der Waals surface area contributed by atoms with Gasteiger partial charge in [-0.3, -0.25) is 9.78 Å². The zero-order valence-electron chi connectivity index (χ0n) is 12.3. The van der Waals surface area contributed by atoms with Gasteiger partial charge in [-0.1, -0.05) is 30.3 Å². The third-order valence-electron chi connectivity index (χ3n) is 3.29. The van der Waals surface area contributed by atoms with Crippen molar-refractivity contribution in [3.63, 3.8) is 0 Å². The van der Waals surface area contributed by atoms with E-state index in [1.165, 1.54) is 0 Å². The second-order valence-corrected chi connectivity index (χ2v) is 4.98. The molecule has 0 saturated heterocycles. The van der Waals surface area contributed by atoms with Crippen molar-refractivity contribution in [3.8, 4) is 0 Å². The van der Waals surface area contributed by atoms with Crippen molar-refractivity contribution in [2.45, 2.75) is 5.92 Å². The number of nitrogens with zero attached hydrogens (tertiary/aromatic N) is 2. The molecule has 5 heteroatoms. The Morgan fingerprint density at radius 1 is 1.29 bits per heavy atom. The summed E-state index contributed by atoms with van der Waals surface area (Å²) >= 11 is 0. The molecule has 0 spiro atoms. The molecule has 1 heterocycles. The Hall–Kier alpha value is -2.40. The Morgan fingerprint density at radius 2 is 2.00 bits per heavy atom. The van der Waals surface area contributed by atoms with E-state index in [2.05, 4.69) is 10.3 Å². The van der Waals surface area contributed by atoms with Crippen LogP contribution in [0.1, 0.15) is 11.5 Å². The van der Waals surface area contributed by atoms with Crippen LogP contribution in [0.15, 0.2) is 48.8 Å². The molecule has 1 aromatic carbocycles. The first kappa shape index (κ1) is 15.0. The third kappa shape index (κ3) is 3.58. The second-order valence-electron chi connectivity index (χ2n) is 4.98. The largest absolute Gasteiger partial charge is 0.376 e. The number of amides is 1. The van der Waals surface area contributed by atoms with Gasteiger partial charge in [-0.15, -0.1) is 0 Å². The minimum atomic E-state index is -0.374. The fourth-order valence-corrected chi connectivity index (χ4v) is 2.17. The van der Waals surface area contributed by atoms with Crippen LogP contribution in [0.25, 0.3) is 0 Å². The molecule has 3 N–H and O–H groups in total. The predicted molar refractivity (Wildman–Crippen MR) is 85.4 cm³/mol. The molecule has 2 aromatic rings. The summed E-state index contributed by atoms with van der Waals surface area (Å²) < 4.78 is 0. The van der Waals surface area contributed by atoms with Gasteiger partial charge in [0.1, 0.15) is 0 Å². The molecular formula is C16H20N4O. The number of rotatable bonds is 5. The van der Waals surface area contributed by atoms with Crippen LogP contribution in [-0.2, 0) is 4.79 Å². The summed E-state index contributed by atoms with van der Waals surface area (Å²) in [6.45, 7) is 0.257. The molecular weight excluding hydrogens is 264 g/mol. The van der Waals surface area contributed by atoms with Gasteiger partial charge in [-0.2, -0.15) is 0 Å². The average molecular weight is 284 g/mol. The SMILES string of the molecule is CN(C)c1ccncc1NC(=O)C(CN)c1ccccc1. The van der Waals surface area contributed by atoms with Crippen molar-refractivity contribution in [1.29, 1.82) is 0 Å². The Balaban J connectivity index is 2.21. The molecule has 0 radical (unpaired) electrons. The van der Waals surface area contributed by atoms with Gasteiger partial charge in [-0.05, 0) is 11.6 Å². The summed E-state index contributed by atoms with van der Waals surface area (Å²) in [5, 5.41) is 2.92. The van der Waals surface area contributed by atoms with Gasteiger partial charge in [0.25, 0.3) is 0 Å². The molecule has 5 nitrogen and oxygen atoms in total. The molecule has 1 unspecified atom stereocenters. The fraction of sp³-hybridized carbons (Fsp3) is 0.250. The predicted octanol–water partition coefficient (Wildman–Crippen LogP) is 1.83. The lowest BCUT2D eigenvalue weighted by atomic mass is 9.98. The normalized spacial score (nSPS) is 11.8.